The molecule has 0 atom stereocenters. The Hall–Kier alpha value is -2.53. The Balaban J connectivity index is 1.82. The summed E-state index contributed by atoms with van der Waals surface area (Å²) >= 11 is 5.23. The summed E-state index contributed by atoms with van der Waals surface area (Å²) in [5, 5.41) is 7.21. The van der Waals surface area contributed by atoms with Crippen LogP contribution >= 0.6 is 12.2 Å². The first-order valence-electron chi connectivity index (χ1n) is 6.40. The monoisotopic (exact) mass is 297 g/mol. The van der Waals surface area contributed by atoms with Crippen LogP contribution in [0, 0.1) is 5.82 Å². The van der Waals surface area contributed by atoms with E-state index in [-0.39, 0.29) is 5.82 Å². The minimum absolute atomic E-state index is 0.330. The van der Waals surface area contributed by atoms with Gasteiger partial charge < -0.3 is 10.6 Å². The average Bonchev–Trinajstić information content (AvgIpc) is 2.50. The molecule has 1 heterocycles. The van der Waals surface area contributed by atoms with Crippen molar-refractivity contribution in [1.29, 1.82) is 0 Å². The molecule has 1 aromatic heterocycles. The molecule has 3 rings (SSSR count). The molecule has 0 fully saturated rings. The van der Waals surface area contributed by atoms with Crippen LogP contribution in [-0.4, -0.2) is 10.1 Å². The van der Waals surface area contributed by atoms with Crippen molar-refractivity contribution in [2.75, 3.05) is 10.6 Å². The zero-order valence-corrected chi connectivity index (χ0v) is 11.8. The number of anilines is 2. The largest absolute Gasteiger partial charge is 0.332 e. The minimum atomic E-state index is -0.346. The fourth-order valence-corrected chi connectivity index (χ4v) is 2.27. The number of para-hydroxylation sites is 1. The Kier molecular flexibility index (Phi) is 3.75. The lowest BCUT2D eigenvalue weighted by atomic mass is 10.2. The maximum Gasteiger partial charge on any atom is 0.175 e. The standard InChI is InChI=1S/C16H12FN3S/c17-12-6-1-2-7-15(12)20-16(21)19-14-9-3-8-13-11(14)5-4-10-18-13/h1-10H,(H2,19,20,21). The second-order valence-corrected chi connectivity index (χ2v) is 4.84. The van der Waals surface area contributed by atoms with E-state index in [1.165, 1.54) is 6.07 Å². The molecule has 5 heteroatoms. The predicted molar refractivity (Wildman–Crippen MR) is 88.0 cm³/mol. The number of halogens is 1. The van der Waals surface area contributed by atoms with Gasteiger partial charge in [-0.3, -0.25) is 4.98 Å². The predicted octanol–water partition coefficient (Wildman–Crippen LogP) is 4.18. The minimum Gasteiger partial charge on any atom is -0.332 e. The SMILES string of the molecule is Fc1ccccc1NC(=S)Nc1cccc2ncccc12. The van der Waals surface area contributed by atoms with E-state index >= 15 is 0 Å². The lowest BCUT2D eigenvalue weighted by Gasteiger charge is -2.12. The third-order valence-electron chi connectivity index (χ3n) is 3.02. The summed E-state index contributed by atoms with van der Waals surface area (Å²) in [6.45, 7) is 0. The number of thiocarbonyl (C=S) groups is 1. The quantitative estimate of drug-likeness (QED) is 0.696. The normalized spacial score (nSPS) is 10.3. The van der Waals surface area contributed by atoms with Gasteiger partial charge in [0.1, 0.15) is 5.82 Å². The van der Waals surface area contributed by atoms with Crippen LogP contribution in [0.2, 0.25) is 0 Å². The van der Waals surface area contributed by atoms with Gasteiger partial charge in [0.15, 0.2) is 5.11 Å². The number of pyridine rings is 1. The van der Waals surface area contributed by atoms with Crippen molar-refractivity contribution in [2.45, 2.75) is 0 Å². The molecule has 0 aliphatic rings. The highest BCUT2D eigenvalue weighted by atomic mass is 32.1. The van der Waals surface area contributed by atoms with Gasteiger partial charge in [0, 0.05) is 17.3 Å². The number of benzene rings is 2. The summed E-state index contributed by atoms with van der Waals surface area (Å²) in [6, 6.07) is 15.9. The van der Waals surface area contributed by atoms with E-state index in [1.54, 1.807) is 24.4 Å². The first kappa shape index (κ1) is 13.5. The van der Waals surface area contributed by atoms with E-state index in [0.717, 1.165) is 16.6 Å². The molecule has 3 nitrogen and oxygen atoms in total. The molecule has 0 unspecified atom stereocenters. The van der Waals surface area contributed by atoms with E-state index in [0.29, 0.717) is 10.8 Å². The molecule has 2 N–H and O–H groups in total. The van der Waals surface area contributed by atoms with E-state index in [2.05, 4.69) is 15.6 Å². The van der Waals surface area contributed by atoms with Crippen LogP contribution in [0.1, 0.15) is 0 Å². The third kappa shape index (κ3) is 2.98. The van der Waals surface area contributed by atoms with Crippen molar-refractivity contribution in [3.05, 3.63) is 66.6 Å². The zero-order valence-electron chi connectivity index (χ0n) is 11.0. The fraction of sp³-hybridized carbons (Fsp3) is 0. The van der Waals surface area contributed by atoms with Gasteiger partial charge in [0.05, 0.1) is 11.2 Å². The van der Waals surface area contributed by atoms with Gasteiger partial charge in [-0.1, -0.05) is 18.2 Å². The lowest BCUT2D eigenvalue weighted by Crippen LogP contribution is -2.19. The van der Waals surface area contributed by atoms with Crippen LogP contribution in [-0.2, 0) is 0 Å². The van der Waals surface area contributed by atoms with E-state index in [4.69, 9.17) is 12.2 Å². The third-order valence-corrected chi connectivity index (χ3v) is 3.22. The molecular weight excluding hydrogens is 285 g/mol. The lowest BCUT2D eigenvalue weighted by molar-refractivity contribution is 0.632. The highest BCUT2D eigenvalue weighted by Crippen LogP contribution is 2.21. The van der Waals surface area contributed by atoms with Crippen molar-refractivity contribution >= 4 is 39.6 Å². The van der Waals surface area contributed by atoms with Crippen LogP contribution in [0.5, 0.6) is 0 Å². The van der Waals surface area contributed by atoms with Crippen molar-refractivity contribution in [1.82, 2.24) is 4.98 Å². The Bertz CT molecular complexity index is 799. The number of rotatable bonds is 2. The molecule has 0 aliphatic carbocycles. The summed E-state index contributed by atoms with van der Waals surface area (Å²) in [7, 11) is 0. The molecule has 0 bridgehead atoms. The molecule has 2 aromatic carbocycles. The molecule has 0 spiro atoms. The van der Waals surface area contributed by atoms with Gasteiger partial charge in [0.2, 0.25) is 0 Å². The van der Waals surface area contributed by atoms with Crippen LogP contribution in [0.3, 0.4) is 0 Å². The van der Waals surface area contributed by atoms with Gasteiger partial charge in [-0.05, 0) is 48.6 Å². The number of nitrogens with one attached hydrogen (secondary N) is 2. The van der Waals surface area contributed by atoms with Crippen molar-refractivity contribution < 1.29 is 4.39 Å². The Morgan fingerprint density at radius 2 is 1.67 bits per heavy atom. The van der Waals surface area contributed by atoms with Crippen molar-refractivity contribution in [3.63, 3.8) is 0 Å². The summed E-state index contributed by atoms with van der Waals surface area (Å²) in [5.74, 6) is -0.346. The highest BCUT2D eigenvalue weighted by Gasteiger charge is 2.05. The fourth-order valence-electron chi connectivity index (χ4n) is 2.05. The molecule has 0 radical (unpaired) electrons. The first-order valence-corrected chi connectivity index (χ1v) is 6.81. The Morgan fingerprint density at radius 3 is 2.52 bits per heavy atom. The summed E-state index contributed by atoms with van der Waals surface area (Å²) in [5.41, 5.74) is 2.04. The van der Waals surface area contributed by atoms with Crippen LogP contribution in [0.4, 0.5) is 15.8 Å². The molecule has 0 aliphatic heterocycles. The molecule has 104 valence electrons. The van der Waals surface area contributed by atoms with Gasteiger partial charge >= 0.3 is 0 Å². The Labute approximate surface area is 126 Å². The van der Waals surface area contributed by atoms with Crippen LogP contribution in [0.15, 0.2) is 60.8 Å². The number of nitrogens with zero attached hydrogens (tertiary/aromatic N) is 1. The molecule has 0 saturated heterocycles. The van der Waals surface area contributed by atoms with Gasteiger partial charge in [-0.15, -0.1) is 0 Å². The number of aromatic nitrogens is 1. The summed E-state index contributed by atoms with van der Waals surface area (Å²) in [4.78, 5) is 4.28. The number of fused-ring (bicyclic) bond motifs is 1. The van der Waals surface area contributed by atoms with E-state index in [1.807, 2.05) is 30.3 Å². The van der Waals surface area contributed by atoms with Crippen LogP contribution in [0.25, 0.3) is 10.9 Å². The van der Waals surface area contributed by atoms with E-state index in [9.17, 15) is 4.39 Å². The molecular formula is C16H12FN3S. The molecule has 21 heavy (non-hydrogen) atoms. The van der Waals surface area contributed by atoms with Gasteiger partial charge in [-0.25, -0.2) is 4.39 Å². The maximum absolute atomic E-state index is 13.6. The molecule has 3 aromatic rings. The van der Waals surface area contributed by atoms with E-state index < -0.39 is 0 Å². The molecule has 0 amide bonds. The highest BCUT2D eigenvalue weighted by molar-refractivity contribution is 7.80. The van der Waals surface area contributed by atoms with Crippen molar-refractivity contribution in [3.8, 4) is 0 Å². The maximum atomic E-state index is 13.6. The first-order chi connectivity index (χ1) is 10.2. The average molecular weight is 297 g/mol. The van der Waals surface area contributed by atoms with Gasteiger partial charge in [-0.2, -0.15) is 0 Å². The topological polar surface area (TPSA) is 37.0 Å². The molecule has 0 saturated carbocycles. The van der Waals surface area contributed by atoms with Crippen LogP contribution < -0.4 is 10.6 Å². The number of hydrogen-bond donors (Lipinski definition) is 2. The summed E-state index contributed by atoms with van der Waals surface area (Å²) < 4.78 is 13.6. The second kappa shape index (κ2) is 5.85. The smallest absolute Gasteiger partial charge is 0.175 e. The number of hydrogen-bond acceptors (Lipinski definition) is 2. The second-order valence-electron chi connectivity index (χ2n) is 4.43. The summed E-state index contributed by atoms with van der Waals surface area (Å²) in [6.07, 6.45) is 1.74. The van der Waals surface area contributed by atoms with Gasteiger partial charge in [0.25, 0.3) is 0 Å². The zero-order chi connectivity index (χ0) is 14.7. The Morgan fingerprint density at radius 1 is 0.905 bits per heavy atom. The van der Waals surface area contributed by atoms with Crippen molar-refractivity contribution in [2.24, 2.45) is 0 Å².